The number of nitrogens with zero attached hydrogens (tertiary/aromatic N) is 2. The molecule has 2 aliphatic rings. The first-order chi connectivity index (χ1) is 11.1. The number of fused-ring (bicyclic) bond motifs is 1. The van der Waals surface area contributed by atoms with Gasteiger partial charge in [-0.05, 0) is 19.1 Å². The van der Waals surface area contributed by atoms with Crippen molar-refractivity contribution in [2.24, 2.45) is 0 Å². The number of amides is 1. The van der Waals surface area contributed by atoms with Gasteiger partial charge in [-0.15, -0.1) is 0 Å². The molecular formula is C16H18ClN3O3. The van der Waals surface area contributed by atoms with Crippen molar-refractivity contribution in [3.05, 3.63) is 28.9 Å². The maximum atomic E-state index is 13.1. The fourth-order valence-electron chi connectivity index (χ4n) is 3.54. The molecule has 1 spiro atoms. The molecule has 4 rings (SSSR count). The van der Waals surface area contributed by atoms with Gasteiger partial charge < -0.3 is 14.4 Å². The number of ether oxygens (including phenoxy) is 2. The number of benzene rings is 1. The van der Waals surface area contributed by atoms with Gasteiger partial charge in [0.25, 0.3) is 5.91 Å². The fraction of sp³-hybridized carbons (Fsp3) is 0.500. The zero-order chi connectivity index (χ0) is 16.0. The van der Waals surface area contributed by atoms with Crippen LogP contribution in [-0.2, 0) is 9.47 Å². The van der Waals surface area contributed by atoms with Crippen molar-refractivity contribution in [2.75, 3.05) is 26.3 Å². The zero-order valence-corrected chi connectivity index (χ0v) is 13.6. The molecule has 0 bridgehead atoms. The van der Waals surface area contributed by atoms with Crippen LogP contribution in [0.25, 0.3) is 10.9 Å². The lowest BCUT2D eigenvalue weighted by atomic mass is 9.98. The third kappa shape index (κ3) is 2.51. The smallest absolute Gasteiger partial charge is 0.257 e. The Kier molecular flexibility index (Phi) is 3.55. The normalized spacial score (nSPS) is 27.9. The second-order valence-electron chi connectivity index (χ2n) is 6.36. The molecule has 6 nitrogen and oxygen atoms in total. The molecule has 2 atom stereocenters. The van der Waals surface area contributed by atoms with Crippen LogP contribution in [0.1, 0.15) is 23.7 Å². The lowest BCUT2D eigenvalue weighted by Gasteiger charge is -2.42. The minimum absolute atomic E-state index is 0.0332. The maximum Gasteiger partial charge on any atom is 0.257 e. The molecule has 2 saturated heterocycles. The lowest BCUT2D eigenvalue weighted by Crippen LogP contribution is -2.57. The highest BCUT2D eigenvalue weighted by Gasteiger charge is 2.44. The molecule has 3 heterocycles. The molecule has 7 heteroatoms. The van der Waals surface area contributed by atoms with E-state index in [-0.39, 0.29) is 17.6 Å². The van der Waals surface area contributed by atoms with Crippen LogP contribution in [-0.4, -0.2) is 59.0 Å². The molecule has 122 valence electrons. The van der Waals surface area contributed by atoms with Crippen LogP contribution < -0.4 is 0 Å². The Morgan fingerprint density at radius 3 is 3.17 bits per heavy atom. The Balaban J connectivity index is 1.70. The number of hydrogen-bond donors (Lipinski definition) is 1. The van der Waals surface area contributed by atoms with Gasteiger partial charge >= 0.3 is 0 Å². The van der Waals surface area contributed by atoms with E-state index in [2.05, 4.69) is 10.2 Å². The van der Waals surface area contributed by atoms with Gasteiger partial charge in [0.1, 0.15) is 5.60 Å². The van der Waals surface area contributed by atoms with Gasteiger partial charge in [-0.2, -0.15) is 5.10 Å². The molecule has 1 aromatic heterocycles. The summed E-state index contributed by atoms with van der Waals surface area (Å²) in [5, 5.41) is 8.21. The summed E-state index contributed by atoms with van der Waals surface area (Å²) in [6.07, 6.45) is 2.47. The number of rotatable bonds is 1. The SMILES string of the molecule is CC1CN(C(=O)c2c(Cl)ccc3cn[nH]c23)CC2(CCOC2)O1. The van der Waals surface area contributed by atoms with Crippen LogP contribution in [0.2, 0.25) is 5.02 Å². The van der Waals surface area contributed by atoms with Gasteiger partial charge in [-0.3, -0.25) is 9.89 Å². The van der Waals surface area contributed by atoms with Crippen molar-refractivity contribution < 1.29 is 14.3 Å². The summed E-state index contributed by atoms with van der Waals surface area (Å²) in [6, 6.07) is 3.59. The van der Waals surface area contributed by atoms with Crippen molar-refractivity contribution >= 4 is 28.4 Å². The second kappa shape index (κ2) is 5.47. The number of carbonyl (C=O) groups is 1. The molecule has 2 aliphatic heterocycles. The van der Waals surface area contributed by atoms with E-state index >= 15 is 0 Å². The van der Waals surface area contributed by atoms with Crippen LogP contribution in [0, 0.1) is 0 Å². The number of nitrogens with one attached hydrogen (secondary N) is 1. The summed E-state index contributed by atoms with van der Waals surface area (Å²) >= 11 is 6.31. The Morgan fingerprint density at radius 1 is 1.52 bits per heavy atom. The fourth-order valence-corrected chi connectivity index (χ4v) is 3.78. The molecule has 2 unspecified atom stereocenters. The first-order valence-corrected chi connectivity index (χ1v) is 8.12. The van der Waals surface area contributed by atoms with Crippen LogP contribution in [0.15, 0.2) is 18.3 Å². The van der Waals surface area contributed by atoms with Crippen molar-refractivity contribution in [1.29, 1.82) is 0 Å². The number of aromatic amines is 1. The number of H-pyrrole nitrogens is 1. The maximum absolute atomic E-state index is 13.1. The Labute approximate surface area is 138 Å². The Bertz CT molecular complexity index is 754. The molecule has 0 saturated carbocycles. The number of carbonyl (C=O) groups excluding carboxylic acids is 1. The molecule has 23 heavy (non-hydrogen) atoms. The van der Waals surface area contributed by atoms with Gasteiger partial charge in [0.2, 0.25) is 0 Å². The molecule has 0 aliphatic carbocycles. The lowest BCUT2D eigenvalue weighted by molar-refractivity contribution is -0.138. The summed E-state index contributed by atoms with van der Waals surface area (Å²) in [4.78, 5) is 14.9. The third-order valence-electron chi connectivity index (χ3n) is 4.54. The van der Waals surface area contributed by atoms with Crippen molar-refractivity contribution in [3.63, 3.8) is 0 Å². The molecule has 0 radical (unpaired) electrons. The van der Waals surface area contributed by atoms with Crippen LogP contribution in [0.4, 0.5) is 0 Å². The van der Waals surface area contributed by atoms with E-state index < -0.39 is 0 Å². The highest BCUT2D eigenvalue weighted by molar-refractivity contribution is 6.35. The average molecular weight is 336 g/mol. The van der Waals surface area contributed by atoms with E-state index in [1.807, 2.05) is 17.9 Å². The summed E-state index contributed by atoms with van der Waals surface area (Å²) in [6.45, 7) is 4.26. The average Bonchev–Trinajstić information content (AvgIpc) is 3.15. The van der Waals surface area contributed by atoms with E-state index in [0.717, 1.165) is 11.8 Å². The van der Waals surface area contributed by atoms with Crippen molar-refractivity contribution in [1.82, 2.24) is 15.1 Å². The Hall–Kier alpha value is -1.63. The highest BCUT2D eigenvalue weighted by Crippen LogP contribution is 2.32. The molecule has 1 aromatic carbocycles. The summed E-state index contributed by atoms with van der Waals surface area (Å²) in [7, 11) is 0. The molecule has 2 fully saturated rings. The quantitative estimate of drug-likeness (QED) is 0.868. The zero-order valence-electron chi connectivity index (χ0n) is 12.8. The largest absolute Gasteiger partial charge is 0.378 e. The topological polar surface area (TPSA) is 67.5 Å². The van der Waals surface area contributed by atoms with Crippen LogP contribution in [0.3, 0.4) is 0 Å². The van der Waals surface area contributed by atoms with E-state index in [1.54, 1.807) is 12.3 Å². The predicted molar refractivity (Wildman–Crippen MR) is 85.7 cm³/mol. The van der Waals surface area contributed by atoms with E-state index in [0.29, 0.717) is 42.4 Å². The van der Waals surface area contributed by atoms with Gasteiger partial charge in [0.15, 0.2) is 0 Å². The number of hydrogen-bond acceptors (Lipinski definition) is 4. The van der Waals surface area contributed by atoms with E-state index in [1.165, 1.54) is 0 Å². The minimum Gasteiger partial charge on any atom is -0.378 e. The number of aromatic nitrogens is 2. The monoisotopic (exact) mass is 335 g/mol. The Morgan fingerprint density at radius 2 is 2.39 bits per heavy atom. The molecular weight excluding hydrogens is 318 g/mol. The second-order valence-corrected chi connectivity index (χ2v) is 6.76. The third-order valence-corrected chi connectivity index (χ3v) is 4.86. The number of halogens is 1. The molecule has 1 amide bonds. The standard InChI is InChI=1S/C16H18ClN3O3/c1-10-7-20(8-16(23-10)4-5-22-9-16)15(21)13-12(17)3-2-11-6-18-19-14(11)13/h2-3,6,10H,4-5,7-9H2,1H3,(H,18,19). The molecule has 2 aromatic rings. The van der Waals surface area contributed by atoms with Gasteiger partial charge in [-0.1, -0.05) is 11.6 Å². The minimum atomic E-state index is -0.387. The van der Waals surface area contributed by atoms with E-state index in [9.17, 15) is 4.79 Å². The van der Waals surface area contributed by atoms with Crippen LogP contribution in [0.5, 0.6) is 0 Å². The van der Waals surface area contributed by atoms with E-state index in [4.69, 9.17) is 21.1 Å². The first-order valence-electron chi connectivity index (χ1n) is 7.74. The van der Waals surface area contributed by atoms with Gasteiger partial charge in [-0.25, -0.2) is 0 Å². The first kappa shape index (κ1) is 14.9. The summed E-state index contributed by atoms with van der Waals surface area (Å²) in [5.41, 5.74) is 0.769. The molecule has 1 N–H and O–H groups in total. The summed E-state index contributed by atoms with van der Waals surface area (Å²) < 4.78 is 11.6. The van der Waals surface area contributed by atoms with Crippen molar-refractivity contribution in [2.45, 2.75) is 25.0 Å². The van der Waals surface area contributed by atoms with Gasteiger partial charge in [0.05, 0.1) is 41.6 Å². The van der Waals surface area contributed by atoms with Gasteiger partial charge in [0, 0.05) is 25.0 Å². The highest BCUT2D eigenvalue weighted by atomic mass is 35.5. The van der Waals surface area contributed by atoms with Crippen molar-refractivity contribution in [3.8, 4) is 0 Å². The van der Waals surface area contributed by atoms with Crippen LogP contribution >= 0.6 is 11.6 Å². The predicted octanol–water partition coefficient (Wildman–Crippen LogP) is 2.24. The number of morpholine rings is 1. The summed E-state index contributed by atoms with van der Waals surface area (Å²) in [5.74, 6) is -0.0914.